The second kappa shape index (κ2) is 6.08. The first-order chi connectivity index (χ1) is 10.3. The van der Waals surface area contributed by atoms with Gasteiger partial charge in [0.15, 0.2) is 12.3 Å². The summed E-state index contributed by atoms with van der Waals surface area (Å²) in [6.07, 6.45) is 1.51. The summed E-state index contributed by atoms with van der Waals surface area (Å²) in [5, 5.41) is 0. The number of H-pyrrole nitrogens is 1. The average Bonchev–Trinajstić information content (AvgIpc) is 2.73. The van der Waals surface area contributed by atoms with E-state index in [-0.39, 0.29) is 5.92 Å². The molecule has 2 heterocycles. The van der Waals surface area contributed by atoms with Crippen LogP contribution in [0.2, 0.25) is 0 Å². The summed E-state index contributed by atoms with van der Waals surface area (Å²) in [5.74, 6) is -0.499. The highest BCUT2D eigenvalue weighted by atomic mass is 16.6. The van der Waals surface area contributed by atoms with Crippen LogP contribution >= 0.6 is 0 Å². The molecule has 3 atom stereocenters. The van der Waals surface area contributed by atoms with Crippen molar-refractivity contribution in [2.75, 3.05) is 0 Å². The van der Waals surface area contributed by atoms with Crippen molar-refractivity contribution < 1.29 is 14.3 Å². The van der Waals surface area contributed by atoms with Crippen molar-refractivity contribution in [3.63, 3.8) is 0 Å². The van der Waals surface area contributed by atoms with Gasteiger partial charge in [-0.2, -0.15) is 0 Å². The molecule has 1 aromatic rings. The lowest BCUT2D eigenvalue weighted by atomic mass is 9.83. The topological polar surface area (TPSA) is 90.4 Å². The van der Waals surface area contributed by atoms with Crippen molar-refractivity contribution in [3.8, 4) is 0 Å². The van der Waals surface area contributed by atoms with E-state index in [2.05, 4.69) is 4.98 Å². The molecule has 0 aromatic carbocycles. The number of nitrogens with zero attached hydrogens (tertiary/aromatic N) is 1. The quantitative estimate of drug-likeness (QED) is 0.844. The molecule has 0 radical (unpaired) electrons. The van der Waals surface area contributed by atoms with Gasteiger partial charge in [-0.1, -0.05) is 20.8 Å². The molecule has 1 aliphatic heterocycles. The zero-order chi connectivity index (χ0) is 16.5. The van der Waals surface area contributed by atoms with Gasteiger partial charge in [-0.3, -0.25) is 19.1 Å². The van der Waals surface area contributed by atoms with E-state index in [9.17, 15) is 14.4 Å². The van der Waals surface area contributed by atoms with Gasteiger partial charge in [0.05, 0.1) is 5.60 Å². The first-order valence-corrected chi connectivity index (χ1v) is 7.51. The van der Waals surface area contributed by atoms with Gasteiger partial charge in [0.2, 0.25) is 0 Å². The fourth-order valence-corrected chi connectivity index (χ4v) is 3.22. The predicted octanol–water partition coefficient (Wildman–Crippen LogP) is 1.19. The molecule has 0 spiro atoms. The summed E-state index contributed by atoms with van der Waals surface area (Å²) in [4.78, 5) is 36.9. The molecule has 0 aliphatic carbocycles. The van der Waals surface area contributed by atoms with Gasteiger partial charge in [0.25, 0.3) is 5.56 Å². The third-order valence-electron chi connectivity index (χ3n) is 4.58. The Kier molecular flexibility index (Phi) is 4.55. The molecule has 0 unspecified atom stereocenters. The number of rotatable bonds is 4. The van der Waals surface area contributed by atoms with Crippen molar-refractivity contribution >= 4 is 5.97 Å². The zero-order valence-electron chi connectivity index (χ0n) is 13.3. The van der Waals surface area contributed by atoms with Crippen LogP contribution in [0.25, 0.3) is 0 Å². The first-order valence-electron chi connectivity index (χ1n) is 7.51. The van der Waals surface area contributed by atoms with E-state index >= 15 is 0 Å². The molecule has 0 amide bonds. The minimum atomic E-state index is -0.747. The van der Waals surface area contributed by atoms with Gasteiger partial charge in [-0.25, -0.2) is 4.79 Å². The number of carbonyl (C=O) groups excluding carboxylic acids is 1. The van der Waals surface area contributed by atoms with Crippen LogP contribution in [0.3, 0.4) is 0 Å². The van der Waals surface area contributed by atoms with Crippen molar-refractivity contribution in [2.24, 2.45) is 5.92 Å². The number of hydrogen-bond donors (Lipinski definition) is 1. The molecule has 1 N–H and O–H groups in total. The van der Waals surface area contributed by atoms with Crippen LogP contribution in [-0.2, 0) is 14.3 Å². The van der Waals surface area contributed by atoms with Crippen molar-refractivity contribution in [1.82, 2.24) is 9.55 Å². The molecule has 0 bridgehead atoms. The van der Waals surface area contributed by atoms with Crippen LogP contribution in [0.1, 0.15) is 46.8 Å². The average molecular weight is 310 g/mol. The smallest absolute Gasteiger partial charge is 0.330 e. The van der Waals surface area contributed by atoms with Crippen LogP contribution in [-0.4, -0.2) is 27.2 Å². The summed E-state index contributed by atoms with van der Waals surface area (Å²) in [6.45, 7) is 7.29. The molecule has 122 valence electrons. The molecule has 1 fully saturated rings. The Labute approximate surface area is 128 Å². The lowest BCUT2D eigenvalue weighted by Crippen LogP contribution is -2.38. The second-order valence-electron chi connectivity index (χ2n) is 5.66. The second-order valence-corrected chi connectivity index (χ2v) is 5.66. The highest BCUT2D eigenvalue weighted by molar-refractivity contribution is 5.66. The van der Waals surface area contributed by atoms with Gasteiger partial charge in [-0.15, -0.1) is 0 Å². The Hall–Kier alpha value is -1.89. The maximum absolute atomic E-state index is 12.0. The lowest BCUT2D eigenvalue weighted by molar-refractivity contribution is -0.154. The number of carbonyl (C=O) groups is 1. The van der Waals surface area contributed by atoms with Gasteiger partial charge in [0, 0.05) is 25.1 Å². The lowest BCUT2D eigenvalue weighted by Gasteiger charge is -2.30. The third-order valence-corrected chi connectivity index (χ3v) is 4.58. The monoisotopic (exact) mass is 310 g/mol. The fraction of sp³-hybridized carbons (Fsp3) is 0.667. The summed E-state index contributed by atoms with van der Waals surface area (Å²) in [7, 11) is 0. The summed E-state index contributed by atoms with van der Waals surface area (Å²) >= 11 is 0. The molecular formula is C15H22N2O5. The Balaban J connectivity index is 2.49. The Morgan fingerprint density at radius 3 is 2.55 bits per heavy atom. The van der Waals surface area contributed by atoms with Crippen molar-refractivity contribution in [3.05, 3.63) is 33.1 Å². The van der Waals surface area contributed by atoms with E-state index in [0.29, 0.717) is 0 Å². The van der Waals surface area contributed by atoms with Crippen LogP contribution in [0.5, 0.6) is 0 Å². The van der Waals surface area contributed by atoms with E-state index in [1.807, 2.05) is 20.8 Å². The summed E-state index contributed by atoms with van der Waals surface area (Å²) in [6, 6.07) is 1.25. The molecular weight excluding hydrogens is 288 g/mol. The number of aromatic nitrogens is 2. The van der Waals surface area contributed by atoms with Crippen LogP contribution < -0.4 is 11.2 Å². The highest BCUT2D eigenvalue weighted by Gasteiger charge is 2.53. The molecule has 0 saturated carbocycles. The van der Waals surface area contributed by atoms with E-state index in [4.69, 9.17) is 9.47 Å². The third kappa shape index (κ3) is 2.72. The standard InChI is InChI=1S/C15H22N2O5/c1-5-15(6-2)9(3)12(21-10(4)18)13(22-15)17-8-7-11(19)16-14(17)20/h7-9,12-13H,5-6H2,1-4H3,(H,16,19,20)/t9-,12+,13+/m0/s1. The Bertz CT molecular complexity index is 658. The van der Waals surface area contributed by atoms with Crippen LogP contribution in [0, 0.1) is 5.92 Å². The first kappa shape index (κ1) is 16.5. The number of esters is 1. The van der Waals surface area contributed by atoms with Crippen LogP contribution in [0.4, 0.5) is 0 Å². The van der Waals surface area contributed by atoms with Crippen molar-refractivity contribution in [1.29, 1.82) is 0 Å². The number of hydrogen-bond acceptors (Lipinski definition) is 5. The van der Waals surface area contributed by atoms with Gasteiger partial charge in [-0.05, 0) is 12.8 Å². The number of nitrogens with one attached hydrogen (secondary N) is 1. The Morgan fingerprint density at radius 2 is 2.05 bits per heavy atom. The molecule has 1 aromatic heterocycles. The van der Waals surface area contributed by atoms with Crippen LogP contribution in [0.15, 0.2) is 21.9 Å². The maximum atomic E-state index is 12.0. The van der Waals surface area contributed by atoms with Crippen molar-refractivity contribution in [2.45, 2.75) is 58.5 Å². The van der Waals surface area contributed by atoms with E-state index in [1.54, 1.807) is 0 Å². The summed E-state index contributed by atoms with van der Waals surface area (Å²) < 4.78 is 12.8. The number of aromatic amines is 1. The molecule has 1 saturated heterocycles. The van der Waals surface area contributed by atoms with E-state index < -0.39 is 35.2 Å². The molecule has 7 heteroatoms. The molecule has 7 nitrogen and oxygen atoms in total. The number of ether oxygens (including phenoxy) is 2. The SMILES string of the molecule is CCC1(CC)O[C@@H](n2ccc(=O)[nH]c2=O)[C@H](OC(C)=O)[C@@H]1C. The van der Waals surface area contributed by atoms with Gasteiger partial charge >= 0.3 is 11.7 Å². The van der Waals surface area contributed by atoms with Gasteiger partial charge in [0.1, 0.15) is 0 Å². The molecule has 2 rings (SSSR count). The van der Waals surface area contributed by atoms with E-state index in [0.717, 1.165) is 12.8 Å². The minimum absolute atomic E-state index is 0.0739. The molecule has 1 aliphatic rings. The maximum Gasteiger partial charge on any atom is 0.330 e. The predicted molar refractivity (Wildman–Crippen MR) is 79.5 cm³/mol. The minimum Gasteiger partial charge on any atom is -0.457 e. The highest BCUT2D eigenvalue weighted by Crippen LogP contribution is 2.46. The summed E-state index contributed by atoms with van der Waals surface area (Å²) in [5.41, 5.74) is -1.53. The molecule has 22 heavy (non-hydrogen) atoms. The zero-order valence-corrected chi connectivity index (χ0v) is 13.3. The van der Waals surface area contributed by atoms with E-state index in [1.165, 1.54) is 23.8 Å². The van der Waals surface area contributed by atoms with Gasteiger partial charge < -0.3 is 9.47 Å². The Morgan fingerprint density at radius 1 is 1.41 bits per heavy atom. The normalized spacial score (nSPS) is 26.8. The largest absolute Gasteiger partial charge is 0.457 e. The fourth-order valence-electron chi connectivity index (χ4n) is 3.22.